The van der Waals surface area contributed by atoms with Gasteiger partial charge in [-0.25, -0.2) is 0 Å². The van der Waals surface area contributed by atoms with Crippen LogP contribution in [-0.2, 0) is 4.74 Å². The monoisotopic (exact) mass is 190 g/mol. The molecule has 0 heterocycles. The van der Waals surface area contributed by atoms with Gasteiger partial charge in [-0.15, -0.1) is 0 Å². The summed E-state index contributed by atoms with van der Waals surface area (Å²) in [5.41, 5.74) is 0.191. The fraction of sp³-hybridized carbons (Fsp3) is 1.00. The largest absolute Gasteiger partial charge is 0.371 e. The van der Waals surface area contributed by atoms with E-state index in [9.17, 15) is 0 Å². The van der Waals surface area contributed by atoms with Crippen LogP contribution in [-0.4, -0.2) is 18.5 Å². The molecule has 82 valence electrons. The fourth-order valence-electron chi connectivity index (χ4n) is 1.49. The number of rotatable bonds is 5. The number of aliphatic hydroxyl groups excluding tert-OH is 1. The van der Waals surface area contributed by atoms with E-state index in [1.165, 1.54) is 0 Å². The zero-order chi connectivity index (χ0) is 10.9. The van der Waals surface area contributed by atoms with E-state index in [-0.39, 0.29) is 12.2 Å². The van der Waals surface area contributed by atoms with Crippen LogP contribution in [0.25, 0.3) is 0 Å². The average molecular weight is 190 g/mol. The highest BCUT2D eigenvalue weighted by Crippen LogP contribution is 2.25. The summed E-state index contributed by atoms with van der Waals surface area (Å²) in [4.78, 5) is 0. The maximum atomic E-state index is 8.44. The van der Waals surface area contributed by atoms with E-state index in [4.69, 9.17) is 9.84 Å². The molecule has 0 saturated carbocycles. The molecule has 0 unspecified atom stereocenters. The van der Waals surface area contributed by atoms with Gasteiger partial charge in [0.1, 0.15) is 6.79 Å². The Labute approximate surface area is 83.3 Å². The van der Waals surface area contributed by atoms with Crippen LogP contribution in [0.5, 0.6) is 0 Å². The molecule has 0 aliphatic rings. The molecule has 0 radical (unpaired) electrons. The van der Waals surface area contributed by atoms with Crippen LogP contribution < -0.4 is 0 Å². The Hall–Kier alpha value is -0.0800. The van der Waals surface area contributed by atoms with Crippen LogP contribution in [0.2, 0.25) is 0 Å². The predicted molar refractivity (Wildman–Crippen MR) is 57.6 cm³/mol. The molecule has 0 atom stereocenters. The highest BCUT2D eigenvalue weighted by molar-refractivity contribution is 4.69. The summed E-state index contributed by atoms with van der Waals surface area (Å²) < 4.78 is 4.95. The minimum Gasteiger partial charge on any atom is -0.371 e. The molecule has 0 aromatic carbocycles. The summed E-state index contributed by atoms with van der Waals surface area (Å²) in [7, 11) is 0. The van der Waals surface area contributed by atoms with Gasteiger partial charge in [0.05, 0.1) is 6.61 Å². The summed E-state index contributed by atoms with van der Waals surface area (Å²) >= 11 is 0. The van der Waals surface area contributed by atoms with Crippen LogP contribution in [0.1, 0.15) is 48.0 Å². The van der Waals surface area contributed by atoms with Gasteiger partial charge in [0.2, 0.25) is 0 Å². The van der Waals surface area contributed by atoms with E-state index in [2.05, 4.69) is 27.7 Å². The lowest BCUT2D eigenvalue weighted by Crippen LogP contribution is -2.21. The number of ether oxygens (including phenoxy) is 1. The molecule has 0 aliphatic carbocycles. The van der Waals surface area contributed by atoms with Crippen LogP contribution in [0.4, 0.5) is 0 Å². The normalized spacial score (nSPS) is 11.1. The summed E-state index contributed by atoms with van der Waals surface area (Å²) in [6.45, 7) is 13.2. The first-order valence-electron chi connectivity index (χ1n) is 5.16. The second-order valence-electron chi connectivity index (χ2n) is 4.24. The Morgan fingerprint density at radius 1 is 1.23 bits per heavy atom. The Morgan fingerprint density at radius 2 is 1.69 bits per heavy atom. The zero-order valence-corrected chi connectivity index (χ0v) is 10.1. The van der Waals surface area contributed by atoms with Crippen molar-refractivity contribution >= 4 is 0 Å². The molecule has 0 aromatic heterocycles. The SMILES string of the molecule is CC.CC(C)CC(C)(C)COCO. The quantitative estimate of drug-likeness (QED) is 0.675. The molecule has 2 heteroatoms. The van der Waals surface area contributed by atoms with E-state index in [0.29, 0.717) is 12.5 Å². The minimum absolute atomic E-state index is 0.165. The topological polar surface area (TPSA) is 29.5 Å². The van der Waals surface area contributed by atoms with Gasteiger partial charge in [0.15, 0.2) is 0 Å². The summed E-state index contributed by atoms with van der Waals surface area (Å²) in [6.07, 6.45) is 1.13. The first-order valence-corrected chi connectivity index (χ1v) is 5.16. The van der Waals surface area contributed by atoms with Gasteiger partial charge in [-0.2, -0.15) is 0 Å². The van der Waals surface area contributed by atoms with Gasteiger partial charge in [-0.1, -0.05) is 41.5 Å². The third-order valence-electron chi connectivity index (χ3n) is 1.54. The molecule has 0 saturated heterocycles. The van der Waals surface area contributed by atoms with Gasteiger partial charge in [0, 0.05) is 0 Å². The van der Waals surface area contributed by atoms with E-state index < -0.39 is 0 Å². The fourth-order valence-corrected chi connectivity index (χ4v) is 1.49. The van der Waals surface area contributed by atoms with Gasteiger partial charge in [-0.3, -0.25) is 0 Å². The molecule has 0 fully saturated rings. The molecule has 1 N–H and O–H groups in total. The first kappa shape index (κ1) is 15.4. The number of hydrogen-bond donors (Lipinski definition) is 1. The lowest BCUT2D eigenvalue weighted by atomic mass is 9.85. The number of hydrogen-bond acceptors (Lipinski definition) is 2. The van der Waals surface area contributed by atoms with Crippen LogP contribution in [0.15, 0.2) is 0 Å². The van der Waals surface area contributed by atoms with E-state index in [0.717, 1.165) is 6.42 Å². The van der Waals surface area contributed by atoms with Gasteiger partial charge >= 0.3 is 0 Å². The molecule has 2 nitrogen and oxygen atoms in total. The van der Waals surface area contributed by atoms with Crippen LogP contribution in [0, 0.1) is 11.3 Å². The lowest BCUT2D eigenvalue weighted by Gasteiger charge is -2.25. The molecule has 0 amide bonds. The zero-order valence-electron chi connectivity index (χ0n) is 10.1. The van der Waals surface area contributed by atoms with Crippen molar-refractivity contribution in [1.29, 1.82) is 0 Å². The Balaban J connectivity index is 0. The third kappa shape index (κ3) is 11.9. The molecule has 0 aromatic rings. The second kappa shape index (κ2) is 8.52. The highest BCUT2D eigenvalue weighted by Gasteiger charge is 2.19. The maximum Gasteiger partial charge on any atom is 0.143 e. The van der Waals surface area contributed by atoms with E-state index in [1.807, 2.05) is 13.8 Å². The molecular formula is C11H26O2. The molecule has 13 heavy (non-hydrogen) atoms. The molecule has 0 aliphatic heterocycles. The average Bonchev–Trinajstić information content (AvgIpc) is 2.03. The van der Waals surface area contributed by atoms with Crippen molar-refractivity contribution in [2.75, 3.05) is 13.4 Å². The van der Waals surface area contributed by atoms with E-state index in [1.54, 1.807) is 0 Å². The van der Waals surface area contributed by atoms with Crippen molar-refractivity contribution in [1.82, 2.24) is 0 Å². The molecule has 0 spiro atoms. The van der Waals surface area contributed by atoms with Crippen molar-refractivity contribution in [2.24, 2.45) is 11.3 Å². The standard InChI is InChI=1S/C9H20O2.C2H6/c1-8(2)5-9(3,4)6-11-7-10;1-2/h8,10H,5-7H2,1-4H3;1-2H3. The number of aliphatic hydroxyl groups is 1. The van der Waals surface area contributed by atoms with Crippen molar-refractivity contribution in [3.63, 3.8) is 0 Å². The lowest BCUT2D eigenvalue weighted by molar-refractivity contribution is -0.0399. The van der Waals surface area contributed by atoms with Crippen LogP contribution in [0.3, 0.4) is 0 Å². The van der Waals surface area contributed by atoms with Crippen molar-refractivity contribution in [3.05, 3.63) is 0 Å². The predicted octanol–water partition coefficient (Wildman–Crippen LogP) is 3.05. The minimum atomic E-state index is -0.165. The van der Waals surface area contributed by atoms with Gasteiger partial charge in [-0.05, 0) is 17.8 Å². The summed E-state index contributed by atoms with van der Waals surface area (Å²) in [5, 5.41) is 8.44. The molecular weight excluding hydrogens is 164 g/mol. The van der Waals surface area contributed by atoms with Gasteiger partial charge < -0.3 is 9.84 Å². The highest BCUT2D eigenvalue weighted by atomic mass is 16.6. The van der Waals surface area contributed by atoms with Crippen molar-refractivity contribution < 1.29 is 9.84 Å². The molecule has 0 bridgehead atoms. The summed E-state index contributed by atoms with van der Waals surface area (Å²) in [5.74, 6) is 0.687. The smallest absolute Gasteiger partial charge is 0.143 e. The third-order valence-corrected chi connectivity index (χ3v) is 1.54. The Morgan fingerprint density at radius 3 is 2.00 bits per heavy atom. The van der Waals surface area contributed by atoms with Crippen molar-refractivity contribution in [3.8, 4) is 0 Å². The summed E-state index contributed by atoms with van der Waals surface area (Å²) in [6, 6.07) is 0. The van der Waals surface area contributed by atoms with Gasteiger partial charge in [0.25, 0.3) is 0 Å². The van der Waals surface area contributed by atoms with E-state index >= 15 is 0 Å². The Bertz CT molecular complexity index is 98.3. The maximum absolute atomic E-state index is 8.44. The second-order valence-corrected chi connectivity index (χ2v) is 4.24. The first-order chi connectivity index (χ1) is 5.98. The van der Waals surface area contributed by atoms with Crippen molar-refractivity contribution in [2.45, 2.75) is 48.0 Å². The van der Waals surface area contributed by atoms with Crippen LogP contribution >= 0.6 is 0 Å². The Kier molecular flexibility index (Phi) is 10.1. The molecule has 0 rings (SSSR count).